The lowest BCUT2D eigenvalue weighted by molar-refractivity contribution is 0.0131. The van der Waals surface area contributed by atoms with E-state index in [1.807, 2.05) is 0 Å². The van der Waals surface area contributed by atoms with Crippen LogP contribution in [0, 0.1) is 0 Å². The summed E-state index contributed by atoms with van der Waals surface area (Å²) in [5.41, 5.74) is -0.573. The van der Waals surface area contributed by atoms with E-state index in [0.717, 1.165) is 50.8 Å². The SMILES string of the molecule is CCNC(=NCC1(O)CCCCC1)NC1CCN(C2CC2)C1.I. The van der Waals surface area contributed by atoms with Gasteiger partial charge in [0.2, 0.25) is 0 Å². The number of aliphatic hydroxyl groups is 1. The van der Waals surface area contributed by atoms with Gasteiger partial charge < -0.3 is 15.7 Å². The Morgan fingerprint density at radius 1 is 1.22 bits per heavy atom. The summed E-state index contributed by atoms with van der Waals surface area (Å²) in [6, 6.07) is 1.36. The third-order valence-electron chi connectivity index (χ3n) is 5.28. The van der Waals surface area contributed by atoms with Crippen molar-refractivity contribution in [3.8, 4) is 0 Å². The van der Waals surface area contributed by atoms with Crippen molar-refractivity contribution < 1.29 is 5.11 Å². The van der Waals surface area contributed by atoms with E-state index in [9.17, 15) is 5.11 Å². The fourth-order valence-corrected chi connectivity index (χ4v) is 3.78. The maximum Gasteiger partial charge on any atom is 0.191 e. The number of aliphatic imine (C=N–C) groups is 1. The summed E-state index contributed by atoms with van der Waals surface area (Å²) in [6.07, 6.45) is 9.28. The molecule has 5 nitrogen and oxygen atoms in total. The standard InChI is InChI=1S/C17H32N4O.HI/c1-2-18-16(19-13-17(22)9-4-3-5-10-17)20-14-8-11-21(12-14)15-6-7-15;/h14-15,22H,2-13H2,1H3,(H2,18,19,20);1H. The molecule has 2 saturated carbocycles. The Labute approximate surface area is 157 Å². The molecule has 0 radical (unpaired) electrons. The van der Waals surface area contributed by atoms with Crippen LogP contribution in [0.25, 0.3) is 0 Å². The molecule has 3 fully saturated rings. The maximum atomic E-state index is 10.6. The first-order valence-corrected chi connectivity index (χ1v) is 9.20. The molecule has 3 rings (SSSR count). The molecule has 23 heavy (non-hydrogen) atoms. The molecular weight excluding hydrogens is 403 g/mol. The Bertz CT molecular complexity index is 394. The van der Waals surface area contributed by atoms with Crippen molar-refractivity contribution in [1.29, 1.82) is 0 Å². The van der Waals surface area contributed by atoms with E-state index < -0.39 is 5.60 Å². The minimum Gasteiger partial charge on any atom is -0.388 e. The summed E-state index contributed by atoms with van der Waals surface area (Å²) in [6.45, 7) is 5.84. The molecule has 0 aromatic rings. The van der Waals surface area contributed by atoms with Crippen molar-refractivity contribution in [2.45, 2.75) is 76.0 Å². The van der Waals surface area contributed by atoms with Gasteiger partial charge in [0.05, 0.1) is 12.1 Å². The fraction of sp³-hybridized carbons (Fsp3) is 0.941. The van der Waals surface area contributed by atoms with Gasteiger partial charge in [-0.1, -0.05) is 19.3 Å². The summed E-state index contributed by atoms with van der Waals surface area (Å²) in [5, 5.41) is 17.5. The van der Waals surface area contributed by atoms with Crippen molar-refractivity contribution in [1.82, 2.24) is 15.5 Å². The highest BCUT2D eigenvalue weighted by Crippen LogP contribution is 2.30. The zero-order valence-corrected chi connectivity index (χ0v) is 16.7. The van der Waals surface area contributed by atoms with Gasteiger partial charge in [-0.15, -0.1) is 24.0 Å². The maximum absolute atomic E-state index is 10.6. The van der Waals surface area contributed by atoms with Crippen molar-refractivity contribution >= 4 is 29.9 Å². The van der Waals surface area contributed by atoms with Gasteiger partial charge in [0.15, 0.2) is 5.96 Å². The summed E-state index contributed by atoms with van der Waals surface area (Å²) >= 11 is 0. The quantitative estimate of drug-likeness (QED) is 0.351. The second-order valence-electron chi connectivity index (χ2n) is 7.34. The predicted octanol–water partition coefficient (Wildman–Crippen LogP) is 2.09. The van der Waals surface area contributed by atoms with Crippen LogP contribution in [0.3, 0.4) is 0 Å². The number of guanidine groups is 1. The molecule has 3 aliphatic rings. The first-order valence-electron chi connectivity index (χ1n) is 9.20. The van der Waals surface area contributed by atoms with Crippen LogP contribution in [0.4, 0.5) is 0 Å². The number of halogens is 1. The van der Waals surface area contributed by atoms with Crippen LogP contribution < -0.4 is 10.6 Å². The molecule has 1 unspecified atom stereocenters. The zero-order valence-electron chi connectivity index (χ0n) is 14.4. The smallest absolute Gasteiger partial charge is 0.191 e. The van der Waals surface area contributed by atoms with E-state index >= 15 is 0 Å². The molecule has 3 N–H and O–H groups in total. The van der Waals surface area contributed by atoms with Gasteiger partial charge in [0.1, 0.15) is 0 Å². The highest BCUT2D eigenvalue weighted by atomic mass is 127. The van der Waals surface area contributed by atoms with Gasteiger partial charge in [-0.2, -0.15) is 0 Å². The molecule has 134 valence electrons. The van der Waals surface area contributed by atoms with Crippen molar-refractivity contribution in [2.75, 3.05) is 26.2 Å². The molecule has 1 heterocycles. The molecular formula is C17H33IN4O. The van der Waals surface area contributed by atoms with Crippen LogP contribution in [0.2, 0.25) is 0 Å². The van der Waals surface area contributed by atoms with Crippen LogP contribution in [0.1, 0.15) is 58.3 Å². The number of hydrogen-bond acceptors (Lipinski definition) is 3. The first-order chi connectivity index (χ1) is 10.7. The third kappa shape index (κ3) is 5.74. The molecule has 0 aromatic heterocycles. The Morgan fingerprint density at radius 2 is 1.96 bits per heavy atom. The van der Waals surface area contributed by atoms with Gasteiger partial charge in [-0.05, 0) is 39.0 Å². The first kappa shape index (κ1) is 19.2. The highest BCUT2D eigenvalue weighted by Gasteiger charge is 2.34. The Balaban J connectivity index is 0.00000192. The van der Waals surface area contributed by atoms with E-state index in [1.54, 1.807) is 0 Å². The lowest BCUT2D eigenvalue weighted by Gasteiger charge is -2.30. The normalized spacial score (nSPS) is 28.3. The van der Waals surface area contributed by atoms with Crippen molar-refractivity contribution in [3.63, 3.8) is 0 Å². The van der Waals surface area contributed by atoms with E-state index in [-0.39, 0.29) is 24.0 Å². The largest absolute Gasteiger partial charge is 0.388 e. The summed E-state index contributed by atoms with van der Waals surface area (Å²) < 4.78 is 0. The van der Waals surface area contributed by atoms with Gasteiger partial charge in [-0.25, -0.2) is 0 Å². The summed E-state index contributed by atoms with van der Waals surface area (Å²) in [5.74, 6) is 0.879. The average Bonchev–Trinajstić information content (AvgIpc) is 3.26. The van der Waals surface area contributed by atoms with Gasteiger partial charge >= 0.3 is 0 Å². The number of nitrogens with zero attached hydrogens (tertiary/aromatic N) is 2. The Hall–Kier alpha value is -0.0800. The summed E-state index contributed by atoms with van der Waals surface area (Å²) in [7, 11) is 0. The molecule has 6 heteroatoms. The van der Waals surface area contributed by atoms with Crippen LogP contribution in [-0.4, -0.2) is 59.8 Å². The van der Waals surface area contributed by atoms with Crippen LogP contribution in [0.5, 0.6) is 0 Å². The van der Waals surface area contributed by atoms with E-state index in [2.05, 4.69) is 27.4 Å². The fourth-order valence-electron chi connectivity index (χ4n) is 3.78. The highest BCUT2D eigenvalue weighted by molar-refractivity contribution is 14.0. The van der Waals surface area contributed by atoms with Crippen LogP contribution in [-0.2, 0) is 0 Å². The van der Waals surface area contributed by atoms with E-state index in [0.29, 0.717) is 12.6 Å². The van der Waals surface area contributed by atoms with Crippen LogP contribution in [0.15, 0.2) is 4.99 Å². The zero-order chi connectivity index (χ0) is 15.4. The number of rotatable bonds is 5. The molecule has 0 amide bonds. The second-order valence-corrected chi connectivity index (χ2v) is 7.34. The molecule has 1 saturated heterocycles. The van der Waals surface area contributed by atoms with Gasteiger partial charge in [0, 0.05) is 31.7 Å². The van der Waals surface area contributed by atoms with Crippen molar-refractivity contribution in [2.24, 2.45) is 4.99 Å². The monoisotopic (exact) mass is 436 g/mol. The van der Waals surface area contributed by atoms with Gasteiger partial charge in [-0.3, -0.25) is 9.89 Å². The molecule has 0 bridgehead atoms. The second kappa shape index (κ2) is 8.85. The number of nitrogens with one attached hydrogen (secondary N) is 2. The van der Waals surface area contributed by atoms with Crippen LogP contribution >= 0.6 is 24.0 Å². The molecule has 2 aliphatic carbocycles. The minimum atomic E-state index is -0.573. The summed E-state index contributed by atoms with van der Waals surface area (Å²) in [4.78, 5) is 7.29. The van der Waals surface area contributed by atoms with Gasteiger partial charge in [0.25, 0.3) is 0 Å². The van der Waals surface area contributed by atoms with E-state index in [4.69, 9.17) is 0 Å². The lowest BCUT2D eigenvalue weighted by atomic mass is 9.85. The molecule has 0 aromatic carbocycles. The Kier molecular flexibility index (Phi) is 7.41. The topological polar surface area (TPSA) is 59.9 Å². The third-order valence-corrected chi connectivity index (χ3v) is 5.28. The van der Waals surface area contributed by atoms with E-state index in [1.165, 1.54) is 32.2 Å². The number of likely N-dealkylation sites (tertiary alicyclic amines) is 1. The predicted molar refractivity (Wildman–Crippen MR) is 106 cm³/mol. The Morgan fingerprint density at radius 3 is 2.61 bits per heavy atom. The lowest BCUT2D eigenvalue weighted by Crippen LogP contribution is -2.46. The molecule has 1 atom stereocenters. The number of hydrogen-bond donors (Lipinski definition) is 3. The molecule has 1 aliphatic heterocycles. The average molecular weight is 436 g/mol. The van der Waals surface area contributed by atoms with Crippen molar-refractivity contribution in [3.05, 3.63) is 0 Å². The minimum absolute atomic E-state index is 0. The molecule has 0 spiro atoms.